The van der Waals surface area contributed by atoms with E-state index < -0.39 is 0 Å². The molecule has 4 heteroatoms. The summed E-state index contributed by atoms with van der Waals surface area (Å²) in [6.45, 7) is 3.51. The monoisotopic (exact) mass is 550 g/mol. The van der Waals surface area contributed by atoms with E-state index in [1.165, 1.54) is 103 Å². The van der Waals surface area contributed by atoms with E-state index in [1.807, 2.05) is 14.1 Å². The van der Waals surface area contributed by atoms with Gasteiger partial charge in [-0.15, -0.1) is 0 Å². The van der Waals surface area contributed by atoms with Gasteiger partial charge in [-0.05, 0) is 91.3 Å². The summed E-state index contributed by atoms with van der Waals surface area (Å²) in [5.74, 6) is -0.00854. The Morgan fingerprint density at radius 2 is 1.15 bits per heavy atom. The molecule has 0 aliphatic carbocycles. The third-order valence-corrected chi connectivity index (χ3v) is 7.45. The van der Waals surface area contributed by atoms with Crippen molar-refractivity contribution in [2.75, 3.05) is 27.2 Å². The van der Waals surface area contributed by atoms with Crippen LogP contribution in [-0.4, -0.2) is 49.3 Å². The van der Waals surface area contributed by atoms with E-state index in [4.69, 9.17) is 9.84 Å². The Balaban J connectivity index is 3.97. The number of unbranched alkanes of at least 4 members (excludes halogenated alkanes) is 16. The van der Waals surface area contributed by atoms with E-state index in [0.29, 0.717) is 13.0 Å². The minimum Gasteiger partial charge on any atom is -0.462 e. The fourth-order valence-electron chi connectivity index (χ4n) is 4.95. The first kappa shape index (κ1) is 37.9. The van der Waals surface area contributed by atoms with Crippen molar-refractivity contribution in [3.05, 3.63) is 24.3 Å². The van der Waals surface area contributed by atoms with Gasteiger partial charge >= 0.3 is 5.97 Å². The van der Waals surface area contributed by atoms with Crippen LogP contribution in [0.4, 0.5) is 0 Å². The molecular weight excluding hydrogens is 482 g/mol. The molecule has 1 N–H and O–H groups in total. The minimum atomic E-state index is -0.00854. The summed E-state index contributed by atoms with van der Waals surface area (Å²) in [5.41, 5.74) is 0. The molecule has 0 spiro atoms. The molecule has 0 aromatic rings. The molecule has 0 bridgehead atoms. The Morgan fingerprint density at radius 1 is 0.667 bits per heavy atom. The fourth-order valence-corrected chi connectivity index (χ4v) is 4.95. The summed E-state index contributed by atoms with van der Waals surface area (Å²) in [6, 6.07) is 0. The van der Waals surface area contributed by atoms with Crippen LogP contribution in [0, 0.1) is 0 Å². The van der Waals surface area contributed by atoms with Crippen LogP contribution in [-0.2, 0) is 9.53 Å². The smallest absolute Gasteiger partial charge is 0.306 e. The maximum Gasteiger partial charge on any atom is 0.306 e. The van der Waals surface area contributed by atoms with Crippen LogP contribution in [0.2, 0.25) is 0 Å². The van der Waals surface area contributed by atoms with Crippen molar-refractivity contribution in [1.82, 2.24) is 4.90 Å². The van der Waals surface area contributed by atoms with Crippen LogP contribution >= 0.6 is 0 Å². The molecule has 0 radical (unpaired) electrons. The molecule has 0 aromatic carbocycles. The second-order valence-electron chi connectivity index (χ2n) is 11.7. The second kappa shape index (κ2) is 31.4. The van der Waals surface area contributed by atoms with Crippen molar-refractivity contribution >= 4 is 5.97 Å². The third kappa shape index (κ3) is 31.3. The van der Waals surface area contributed by atoms with Crippen molar-refractivity contribution in [2.45, 2.75) is 167 Å². The third-order valence-electron chi connectivity index (χ3n) is 7.45. The Hall–Kier alpha value is -1.13. The van der Waals surface area contributed by atoms with Crippen molar-refractivity contribution in [3.63, 3.8) is 0 Å². The normalized spacial score (nSPS) is 12.7. The summed E-state index contributed by atoms with van der Waals surface area (Å²) in [4.78, 5) is 14.5. The molecule has 4 nitrogen and oxygen atoms in total. The summed E-state index contributed by atoms with van der Waals surface area (Å²) in [5, 5.41) is 8.87. The van der Waals surface area contributed by atoms with Crippen LogP contribution in [0.1, 0.15) is 161 Å². The number of allylic oxidation sites excluding steroid dienone is 4. The fraction of sp³-hybridized carbons (Fsp3) is 0.857. The van der Waals surface area contributed by atoms with E-state index in [1.54, 1.807) is 0 Å². The van der Waals surface area contributed by atoms with Gasteiger partial charge in [0, 0.05) is 13.0 Å². The molecule has 0 amide bonds. The van der Waals surface area contributed by atoms with Gasteiger partial charge in [-0.1, -0.05) is 108 Å². The van der Waals surface area contributed by atoms with Crippen LogP contribution in [0.5, 0.6) is 0 Å². The van der Waals surface area contributed by atoms with E-state index >= 15 is 0 Å². The SMILES string of the molecule is CCCCC/C=C\C/C=C\CCCCCCCCC(CCCCCCCCCCO)OC(=O)CCCN(C)C. The molecule has 230 valence electrons. The molecule has 1 unspecified atom stereocenters. The second-order valence-corrected chi connectivity index (χ2v) is 11.7. The van der Waals surface area contributed by atoms with Crippen molar-refractivity contribution in [3.8, 4) is 0 Å². The lowest BCUT2D eigenvalue weighted by atomic mass is 10.0. The first-order chi connectivity index (χ1) is 19.1. The summed E-state index contributed by atoms with van der Waals surface area (Å²) >= 11 is 0. The number of carbonyl (C=O) groups excluding carboxylic acids is 1. The molecule has 1 atom stereocenters. The van der Waals surface area contributed by atoms with E-state index in [9.17, 15) is 4.79 Å². The van der Waals surface area contributed by atoms with Gasteiger partial charge < -0.3 is 14.7 Å². The lowest BCUT2D eigenvalue weighted by molar-refractivity contribution is -0.150. The van der Waals surface area contributed by atoms with Crippen LogP contribution in [0.15, 0.2) is 24.3 Å². The Bertz CT molecular complexity index is 558. The summed E-state index contributed by atoms with van der Waals surface area (Å²) in [6.07, 6.45) is 37.6. The number of aliphatic hydroxyl groups is 1. The lowest BCUT2D eigenvalue weighted by Crippen LogP contribution is -2.20. The molecule has 0 heterocycles. The number of ether oxygens (including phenoxy) is 1. The first-order valence-corrected chi connectivity index (χ1v) is 16.8. The predicted molar refractivity (Wildman–Crippen MR) is 170 cm³/mol. The van der Waals surface area contributed by atoms with Gasteiger partial charge in [0.1, 0.15) is 6.10 Å². The Kier molecular flexibility index (Phi) is 30.5. The zero-order valence-corrected chi connectivity index (χ0v) is 26.5. The molecule has 0 rings (SSSR count). The molecule has 0 fully saturated rings. The van der Waals surface area contributed by atoms with E-state index in [2.05, 4.69) is 36.1 Å². The zero-order valence-electron chi connectivity index (χ0n) is 26.5. The Morgan fingerprint density at radius 3 is 1.67 bits per heavy atom. The average Bonchev–Trinajstić information content (AvgIpc) is 2.91. The largest absolute Gasteiger partial charge is 0.462 e. The van der Waals surface area contributed by atoms with Gasteiger partial charge in [-0.2, -0.15) is 0 Å². The number of nitrogens with zero attached hydrogens (tertiary/aromatic N) is 1. The van der Waals surface area contributed by atoms with Gasteiger partial charge in [-0.3, -0.25) is 4.79 Å². The minimum absolute atomic E-state index is 0.00854. The summed E-state index contributed by atoms with van der Waals surface area (Å²) < 4.78 is 5.94. The Labute approximate surface area is 244 Å². The van der Waals surface area contributed by atoms with Gasteiger partial charge in [0.2, 0.25) is 0 Å². The maximum absolute atomic E-state index is 12.4. The number of aliphatic hydroxyl groups excluding tert-OH is 1. The molecule has 0 aromatic heterocycles. The molecule has 0 saturated carbocycles. The molecular formula is C35H67NO3. The molecule has 0 aliphatic heterocycles. The lowest BCUT2D eigenvalue weighted by Gasteiger charge is -2.18. The molecule has 0 saturated heterocycles. The number of hydrogen-bond acceptors (Lipinski definition) is 4. The predicted octanol–water partition coefficient (Wildman–Crippen LogP) is 9.95. The van der Waals surface area contributed by atoms with E-state index in [0.717, 1.165) is 51.5 Å². The van der Waals surface area contributed by atoms with Gasteiger partial charge in [0.05, 0.1) is 0 Å². The van der Waals surface area contributed by atoms with Crippen molar-refractivity contribution in [1.29, 1.82) is 0 Å². The maximum atomic E-state index is 12.4. The number of carbonyl (C=O) groups is 1. The van der Waals surface area contributed by atoms with Gasteiger partial charge in [-0.25, -0.2) is 0 Å². The highest BCUT2D eigenvalue weighted by atomic mass is 16.5. The van der Waals surface area contributed by atoms with Crippen LogP contribution in [0.25, 0.3) is 0 Å². The first-order valence-electron chi connectivity index (χ1n) is 16.8. The number of esters is 1. The highest BCUT2D eigenvalue weighted by Crippen LogP contribution is 2.18. The summed E-state index contributed by atoms with van der Waals surface area (Å²) in [7, 11) is 4.10. The average molecular weight is 550 g/mol. The highest BCUT2D eigenvalue weighted by Gasteiger charge is 2.14. The number of hydrogen-bond donors (Lipinski definition) is 1. The zero-order chi connectivity index (χ0) is 28.7. The van der Waals surface area contributed by atoms with Crippen molar-refractivity contribution < 1.29 is 14.6 Å². The number of rotatable bonds is 30. The van der Waals surface area contributed by atoms with E-state index in [-0.39, 0.29) is 12.1 Å². The molecule has 0 aliphatic rings. The van der Waals surface area contributed by atoms with Crippen LogP contribution in [0.3, 0.4) is 0 Å². The van der Waals surface area contributed by atoms with Crippen molar-refractivity contribution in [2.24, 2.45) is 0 Å². The van der Waals surface area contributed by atoms with Gasteiger partial charge in [0.25, 0.3) is 0 Å². The topological polar surface area (TPSA) is 49.8 Å². The standard InChI is InChI=1S/C35H67NO3/c1-4-5-6-7-8-9-10-11-12-13-14-15-16-19-22-25-29-34(39-35(38)31-28-32-36(2)3)30-26-23-20-17-18-21-24-27-33-37/h8-9,11-12,34,37H,4-7,10,13-33H2,1-3H3/b9-8-,12-11-. The van der Waals surface area contributed by atoms with Gasteiger partial charge in [0.15, 0.2) is 0 Å². The molecule has 39 heavy (non-hydrogen) atoms. The quantitative estimate of drug-likeness (QED) is 0.0550. The highest BCUT2D eigenvalue weighted by molar-refractivity contribution is 5.69. The van der Waals surface area contributed by atoms with Crippen LogP contribution < -0.4 is 0 Å².